The number of amides is 1. The van der Waals surface area contributed by atoms with Gasteiger partial charge in [0.25, 0.3) is 0 Å². The lowest BCUT2D eigenvalue weighted by Gasteiger charge is -2.30. The molecule has 1 aromatic rings. The first-order chi connectivity index (χ1) is 10.7. The van der Waals surface area contributed by atoms with Gasteiger partial charge < -0.3 is 9.64 Å². The Morgan fingerprint density at radius 2 is 2.05 bits per heavy atom. The molecule has 1 aliphatic carbocycles. The second kappa shape index (κ2) is 8.16. The number of rotatable bonds is 6. The Balaban J connectivity index is 1.88. The summed E-state index contributed by atoms with van der Waals surface area (Å²) >= 11 is 0. The highest BCUT2D eigenvalue weighted by Crippen LogP contribution is 2.33. The van der Waals surface area contributed by atoms with Gasteiger partial charge in [0, 0.05) is 19.0 Å². The molecule has 4 nitrogen and oxygen atoms in total. The lowest BCUT2D eigenvalue weighted by molar-refractivity contribution is -0.123. The monoisotopic (exact) mass is 304 g/mol. The van der Waals surface area contributed by atoms with E-state index in [1.165, 1.54) is 32.1 Å². The molecule has 0 N–H and O–H groups in total. The zero-order chi connectivity index (χ0) is 15.9. The lowest BCUT2D eigenvalue weighted by atomic mass is 9.79. The number of unbranched alkanes of at least 4 members (excludes halogenated alkanes) is 1. The molecule has 1 heterocycles. The molecule has 22 heavy (non-hydrogen) atoms. The third-order valence-electron chi connectivity index (χ3n) is 4.81. The zero-order valence-electron chi connectivity index (χ0n) is 14.0. The highest BCUT2D eigenvalue weighted by Gasteiger charge is 2.28. The van der Waals surface area contributed by atoms with Crippen molar-refractivity contribution in [2.24, 2.45) is 11.8 Å². The molecule has 1 fully saturated rings. The maximum atomic E-state index is 12.6. The van der Waals surface area contributed by atoms with Gasteiger partial charge in [-0.1, -0.05) is 26.2 Å². The number of hydrogen-bond acceptors (Lipinski definition) is 3. The molecule has 0 aromatic carbocycles. The van der Waals surface area contributed by atoms with Gasteiger partial charge in [-0.2, -0.15) is 0 Å². The number of nitrogens with zero attached hydrogens (tertiary/aromatic N) is 2. The minimum atomic E-state index is 0.171. The van der Waals surface area contributed by atoms with Gasteiger partial charge in [0.1, 0.15) is 0 Å². The minimum absolute atomic E-state index is 0.171. The molecule has 2 rings (SSSR count). The molecule has 0 bridgehead atoms. The van der Waals surface area contributed by atoms with Crippen LogP contribution in [0.3, 0.4) is 0 Å². The van der Waals surface area contributed by atoms with Crippen LogP contribution < -0.4 is 9.64 Å². The van der Waals surface area contributed by atoms with E-state index in [-0.39, 0.29) is 11.8 Å². The van der Waals surface area contributed by atoms with Crippen LogP contribution in [0.5, 0.6) is 5.88 Å². The summed E-state index contributed by atoms with van der Waals surface area (Å²) in [4.78, 5) is 18.6. The van der Waals surface area contributed by atoms with E-state index in [4.69, 9.17) is 4.74 Å². The van der Waals surface area contributed by atoms with Crippen LogP contribution in [-0.2, 0) is 4.79 Å². The summed E-state index contributed by atoms with van der Waals surface area (Å²) in [5, 5.41) is 0. The van der Waals surface area contributed by atoms with Crippen LogP contribution in [-0.4, -0.2) is 25.0 Å². The Morgan fingerprint density at radius 1 is 1.32 bits per heavy atom. The fourth-order valence-corrected chi connectivity index (χ4v) is 3.28. The molecule has 122 valence electrons. The predicted molar refractivity (Wildman–Crippen MR) is 89.2 cm³/mol. The van der Waals surface area contributed by atoms with Crippen LogP contribution in [0.25, 0.3) is 0 Å². The molecule has 0 radical (unpaired) electrons. The number of pyridine rings is 1. The van der Waals surface area contributed by atoms with Crippen molar-refractivity contribution in [2.45, 2.75) is 51.9 Å². The molecule has 0 aliphatic heterocycles. The Morgan fingerprint density at radius 3 is 2.59 bits per heavy atom. The molecule has 0 saturated heterocycles. The van der Waals surface area contributed by atoms with Gasteiger partial charge >= 0.3 is 0 Å². The number of carbonyl (C=O) groups excluding carboxylic acids is 1. The van der Waals surface area contributed by atoms with Crippen LogP contribution in [0.15, 0.2) is 18.3 Å². The summed E-state index contributed by atoms with van der Waals surface area (Å²) in [5.41, 5.74) is 0.832. The fraction of sp³-hybridized carbons (Fsp3) is 0.667. The molecule has 1 aliphatic rings. The number of aromatic nitrogens is 1. The third-order valence-corrected chi connectivity index (χ3v) is 4.81. The molecule has 0 atom stereocenters. The molecule has 1 saturated carbocycles. The van der Waals surface area contributed by atoms with Gasteiger partial charge in [0.15, 0.2) is 0 Å². The number of carbonyl (C=O) groups is 1. The highest BCUT2D eigenvalue weighted by atomic mass is 16.5. The molecule has 4 heteroatoms. The zero-order valence-corrected chi connectivity index (χ0v) is 14.0. The molecular formula is C18H28N2O2. The van der Waals surface area contributed by atoms with E-state index >= 15 is 0 Å². The van der Waals surface area contributed by atoms with Crippen LogP contribution in [0.1, 0.15) is 51.9 Å². The van der Waals surface area contributed by atoms with Gasteiger partial charge in [-0.15, -0.1) is 0 Å². The van der Waals surface area contributed by atoms with Gasteiger partial charge in [-0.3, -0.25) is 4.79 Å². The van der Waals surface area contributed by atoms with Crippen LogP contribution in [0.4, 0.5) is 5.69 Å². The molecule has 1 aromatic heterocycles. The quantitative estimate of drug-likeness (QED) is 0.796. The molecule has 1 amide bonds. The summed E-state index contributed by atoms with van der Waals surface area (Å²) in [6, 6.07) is 3.68. The van der Waals surface area contributed by atoms with E-state index in [0.29, 0.717) is 5.88 Å². The normalized spacial score (nSPS) is 21.4. The summed E-state index contributed by atoms with van der Waals surface area (Å²) in [6.45, 7) is 2.24. The average molecular weight is 304 g/mol. The van der Waals surface area contributed by atoms with Crippen molar-refractivity contribution in [3.8, 4) is 5.88 Å². The molecular weight excluding hydrogens is 276 g/mol. The van der Waals surface area contributed by atoms with E-state index < -0.39 is 0 Å². The fourth-order valence-electron chi connectivity index (χ4n) is 3.28. The van der Waals surface area contributed by atoms with Gasteiger partial charge in [0.2, 0.25) is 11.8 Å². The Kier molecular flexibility index (Phi) is 6.22. The van der Waals surface area contributed by atoms with Crippen LogP contribution in [0.2, 0.25) is 0 Å². The first-order valence-electron chi connectivity index (χ1n) is 8.43. The summed E-state index contributed by atoms with van der Waals surface area (Å²) in [5.74, 6) is 1.80. The van der Waals surface area contributed by atoms with E-state index in [0.717, 1.165) is 24.4 Å². The predicted octanol–water partition coefficient (Wildman–Crippen LogP) is 4.05. The molecule has 0 spiro atoms. The van der Waals surface area contributed by atoms with Crippen molar-refractivity contribution in [3.05, 3.63) is 18.3 Å². The number of methoxy groups -OCH3 is 1. The topological polar surface area (TPSA) is 42.4 Å². The third kappa shape index (κ3) is 4.21. The number of hydrogen-bond donors (Lipinski definition) is 0. The smallest absolute Gasteiger partial charge is 0.229 e. The van der Waals surface area contributed by atoms with Gasteiger partial charge in [-0.05, 0) is 37.7 Å². The summed E-state index contributed by atoms with van der Waals surface area (Å²) in [7, 11) is 3.43. The maximum absolute atomic E-state index is 12.6. The van der Waals surface area contributed by atoms with E-state index in [1.807, 2.05) is 13.1 Å². The Labute approximate surface area is 133 Å². The second-order valence-electron chi connectivity index (χ2n) is 6.32. The summed E-state index contributed by atoms with van der Waals surface area (Å²) in [6.07, 6.45) is 10.1. The number of ether oxygens (including phenoxy) is 1. The first-order valence-corrected chi connectivity index (χ1v) is 8.43. The van der Waals surface area contributed by atoms with Crippen molar-refractivity contribution < 1.29 is 9.53 Å². The highest BCUT2D eigenvalue weighted by molar-refractivity contribution is 5.94. The first kappa shape index (κ1) is 16.8. The van der Waals surface area contributed by atoms with Crippen molar-refractivity contribution in [2.75, 3.05) is 19.1 Å². The Bertz CT molecular complexity index is 464. The van der Waals surface area contributed by atoms with E-state index in [9.17, 15) is 4.79 Å². The van der Waals surface area contributed by atoms with Gasteiger partial charge in [0.05, 0.1) is 19.0 Å². The van der Waals surface area contributed by atoms with Crippen molar-refractivity contribution in [1.82, 2.24) is 4.98 Å². The largest absolute Gasteiger partial charge is 0.481 e. The lowest BCUT2D eigenvalue weighted by Crippen LogP contribution is -2.35. The molecule has 0 unspecified atom stereocenters. The van der Waals surface area contributed by atoms with Crippen molar-refractivity contribution in [3.63, 3.8) is 0 Å². The SMILES string of the molecule is CCCCC1CCC(C(=O)N(C)c2ccc(OC)nc2)CC1. The summed E-state index contributed by atoms with van der Waals surface area (Å²) < 4.78 is 5.06. The number of anilines is 1. The standard InChI is InChI=1S/C18H28N2O2/c1-4-5-6-14-7-9-15(10-8-14)18(21)20(2)16-11-12-17(22-3)19-13-16/h11-15H,4-10H2,1-3H3. The van der Waals surface area contributed by atoms with Crippen LogP contribution in [0, 0.1) is 11.8 Å². The minimum Gasteiger partial charge on any atom is -0.481 e. The van der Waals surface area contributed by atoms with E-state index in [2.05, 4.69) is 11.9 Å². The van der Waals surface area contributed by atoms with Crippen LogP contribution >= 0.6 is 0 Å². The Hall–Kier alpha value is -1.58. The van der Waals surface area contributed by atoms with E-state index in [1.54, 1.807) is 24.3 Å². The maximum Gasteiger partial charge on any atom is 0.229 e. The van der Waals surface area contributed by atoms with Gasteiger partial charge in [-0.25, -0.2) is 4.98 Å². The second-order valence-corrected chi connectivity index (χ2v) is 6.32. The van der Waals surface area contributed by atoms with Crippen molar-refractivity contribution >= 4 is 11.6 Å². The average Bonchev–Trinajstić information content (AvgIpc) is 2.59. The van der Waals surface area contributed by atoms with Crippen molar-refractivity contribution in [1.29, 1.82) is 0 Å².